The Balaban J connectivity index is 1.64. The predicted octanol–water partition coefficient (Wildman–Crippen LogP) is 3.72. The van der Waals surface area contributed by atoms with E-state index in [1.165, 1.54) is 11.3 Å². The van der Waals surface area contributed by atoms with Gasteiger partial charge in [-0.2, -0.15) is 0 Å². The molecule has 0 atom stereocenters. The Labute approximate surface area is 141 Å². The van der Waals surface area contributed by atoms with Gasteiger partial charge < -0.3 is 9.09 Å². The van der Waals surface area contributed by atoms with Crippen LogP contribution in [0.5, 0.6) is 0 Å². The third-order valence-electron chi connectivity index (χ3n) is 3.76. The SMILES string of the molecule is N=c1sc2ccccc2n1CC(=O)c1cc(-c2ccccc2)no1. The number of carbonyl (C=O) groups excluding carboxylic acids is 1. The van der Waals surface area contributed by atoms with E-state index in [9.17, 15) is 4.79 Å². The maximum atomic E-state index is 12.5. The van der Waals surface area contributed by atoms with Gasteiger partial charge in [-0.05, 0) is 12.1 Å². The summed E-state index contributed by atoms with van der Waals surface area (Å²) >= 11 is 1.35. The fourth-order valence-corrected chi connectivity index (χ4v) is 3.48. The number of fused-ring (bicyclic) bond motifs is 1. The molecule has 24 heavy (non-hydrogen) atoms. The van der Waals surface area contributed by atoms with Crippen molar-refractivity contribution in [2.75, 3.05) is 0 Å². The molecule has 0 amide bonds. The van der Waals surface area contributed by atoms with Crippen LogP contribution in [0.2, 0.25) is 0 Å². The molecule has 0 bridgehead atoms. The van der Waals surface area contributed by atoms with Crippen molar-refractivity contribution in [2.24, 2.45) is 0 Å². The van der Waals surface area contributed by atoms with Crippen molar-refractivity contribution >= 4 is 27.3 Å². The molecule has 6 heteroatoms. The van der Waals surface area contributed by atoms with E-state index in [2.05, 4.69) is 5.16 Å². The zero-order chi connectivity index (χ0) is 16.5. The summed E-state index contributed by atoms with van der Waals surface area (Å²) in [6.07, 6.45) is 0. The molecule has 0 aliphatic carbocycles. The molecule has 2 aromatic heterocycles. The van der Waals surface area contributed by atoms with E-state index in [0.29, 0.717) is 10.5 Å². The zero-order valence-electron chi connectivity index (χ0n) is 12.6. The van der Waals surface area contributed by atoms with Gasteiger partial charge in [0.1, 0.15) is 5.69 Å². The van der Waals surface area contributed by atoms with E-state index in [0.717, 1.165) is 15.8 Å². The number of aromatic nitrogens is 2. The fourth-order valence-electron chi connectivity index (χ4n) is 2.57. The number of para-hydroxylation sites is 1. The molecule has 1 N–H and O–H groups in total. The summed E-state index contributed by atoms with van der Waals surface area (Å²) in [4.78, 5) is 12.9. The minimum absolute atomic E-state index is 0.0618. The van der Waals surface area contributed by atoms with Gasteiger partial charge in [-0.25, -0.2) is 0 Å². The van der Waals surface area contributed by atoms with Gasteiger partial charge in [-0.15, -0.1) is 0 Å². The van der Waals surface area contributed by atoms with Gasteiger partial charge >= 0.3 is 0 Å². The van der Waals surface area contributed by atoms with E-state index >= 15 is 0 Å². The second kappa shape index (κ2) is 5.90. The number of hydrogen-bond donors (Lipinski definition) is 1. The average molecular weight is 335 g/mol. The van der Waals surface area contributed by atoms with Gasteiger partial charge in [0.2, 0.25) is 11.5 Å². The summed E-state index contributed by atoms with van der Waals surface area (Å²) < 4.78 is 7.88. The third kappa shape index (κ3) is 2.57. The largest absolute Gasteiger partial charge is 0.352 e. The molecule has 0 unspecified atom stereocenters. The van der Waals surface area contributed by atoms with Gasteiger partial charge in [-0.1, -0.05) is 59.0 Å². The molecule has 0 radical (unpaired) electrons. The van der Waals surface area contributed by atoms with Crippen LogP contribution in [0.3, 0.4) is 0 Å². The van der Waals surface area contributed by atoms with Crippen LogP contribution in [0.1, 0.15) is 10.6 Å². The first-order chi connectivity index (χ1) is 11.7. The van der Waals surface area contributed by atoms with E-state index < -0.39 is 0 Å². The van der Waals surface area contributed by atoms with Gasteiger partial charge in [0.05, 0.1) is 16.8 Å². The maximum absolute atomic E-state index is 12.5. The van der Waals surface area contributed by atoms with Crippen molar-refractivity contribution in [3.05, 3.63) is 71.2 Å². The molecule has 0 spiro atoms. The Hall–Kier alpha value is -2.99. The lowest BCUT2D eigenvalue weighted by atomic mass is 10.1. The Kier molecular flexibility index (Phi) is 3.59. The molecule has 0 saturated heterocycles. The first kappa shape index (κ1) is 14.6. The van der Waals surface area contributed by atoms with Crippen LogP contribution in [0.25, 0.3) is 21.5 Å². The van der Waals surface area contributed by atoms with Crippen molar-refractivity contribution < 1.29 is 9.32 Å². The van der Waals surface area contributed by atoms with E-state index in [-0.39, 0.29) is 18.1 Å². The third-order valence-corrected chi connectivity index (χ3v) is 4.74. The smallest absolute Gasteiger partial charge is 0.220 e. The first-order valence-corrected chi connectivity index (χ1v) is 8.22. The summed E-state index contributed by atoms with van der Waals surface area (Å²) in [6, 6.07) is 18.9. The number of benzene rings is 2. The lowest BCUT2D eigenvalue weighted by molar-refractivity contribution is 0.0936. The summed E-state index contributed by atoms with van der Waals surface area (Å²) in [5.41, 5.74) is 2.41. The molecule has 0 aliphatic rings. The monoisotopic (exact) mass is 335 g/mol. The minimum Gasteiger partial charge on any atom is -0.352 e. The number of carbonyl (C=O) groups is 1. The highest BCUT2D eigenvalue weighted by Gasteiger charge is 2.16. The molecule has 118 valence electrons. The fraction of sp³-hybridized carbons (Fsp3) is 0.0556. The van der Waals surface area contributed by atoms with E-state index in [1.807, 2.05) is 54.6 Å². The quantitative estimate of drug-likeness (QED) is 0.578. The van der Waals surface area contributed by atoms with Gasteiger partial charge in [0.25, 0.3) is 0 Å². The summed E-state index contributed by atoms with van der Waals surface area (Å²) in [6.45, 7) is 0.0618. The lowest BCUT2D eigenvalue weighted by Gasteiger charge is -2.01. The number of ketones is 1. The molecule has 5 nitrogen and oxygen atoms in total. The van der Waals surface area contributed by atoms with Gasteiger partial charge in [0.15, 0.2) is 4.80 Å². The normalized spacial score (nSPS) is 11.0. The van der Waals surface area contributed by atoms with E-state index in [4.69, 9.17) is 9.93 Å². The summed E-state index contributed by atoms with van der Waals surface area (Å²) in [7, 11) is 0. The van der Waals surface area contributed by atoms with E-state index in [1.54, 1.807) is 10.6 Å². The molecule has 2 heterocycles. The standard InChI is InChI=1S/C18H13N3O2S/c19-18-21(14-8-4-5-9-17(14)24-18)11-15(22)16-10-13(20-23-16)12-6-2-1-3-7-12/h1-10,19H,11H2. The number of hydrogen-bond acceptors (Lipinski definition) is 5. The van der Waals surface area contributed by atoms with Crippen molar-refractivity contribution in [1.29, 1.82) is 5.41 Å². The van der Waals surface area contributed by atoms with Crippen LogP contribution in [0.15, 0.2) is 65.2 Å². The van der Waals surface area contributed by atoms with Crippen LogP contribution >= 0.6 is 11.3 Å². The highest BCUT2D eigenvalue weighted by molar-refractivity contribution is 7.16. The second-order valence-corrected chi connectivity index (χ2v) is 6.36. The van der Waals surface area contributed by atoms with Crippen LogP contribution in [0, 0.1) is 5.41 Å². The number of Topliss-reactive ketones (excluding diaryl/α,β-unsaturated/α-hetero) is 1. The van der Waals surface area contributed by atoms with Crippen LogP contribution in [-0.4, -0.2) is 15.5 Å². The molecular formula is C18H13N3O2S. The Morgan fingerprint density at radius 3 is 2.71 bits per heavy atom. The number of rotatable bonds is 4. The Bertz CT molecular complexity index is 1080. The molecule has 4 aromatic rings. The molecule has 2 aromatic carbocycles. The van der Waals surface area contributed by atoms with Crippen LogP contribution in [-0.2, 0) is 6.54 Å². The lowest BCUT2D eigenvalue weighted by Crippen LogP contribution is -2.19. The summed E-state index contributed by atoms with van der Waals surface area (Å²) in [5.74, 6) is 0.00256. The molecule has 0 saturated carbocycles. The van der Waals surface area contributed by atoms with Gasteiger partial charge in [0, 0.05) is 11.6 Å². The van der Waals surface area contributed by atoms with Crippen LogP contribution < -0.4 is 4.80 Å². The zero-order valence-corrected chi connectivity index (χ0v) is 13.4. The number of nitrogens with one attached hydrogen (secondary N) is 1. The highest BCUT2D eigenvalue weighted by Crippen LogP contribution is 2.20. The predicted molar refractivity (Wildman–Crippen MR) is 91.9 cm³/mol. The van der Waals surface area contributed by atoms with Crippen molar-refractivity contribution in [3.8, 4) is 11.3 Å². The molecule has 4 rings (SSSR count). The molecule has 0 fully saturated rings. The van der Waals surface area contributed by atoms with Crippen molar-refractivity contribution in [2.45, 2.75) is 6.54 Å². The summed E-state index contributed by atoms with van der Waals surface area (Å²) in [5, 5.41) is 12.0. The van der Waals surface area contributed by atoms with Crippen LogP contribution in [0.4, 0.5) is 0 Å². The molecular weight excluding hydrogens is 322 g/mol. The van der Waals surface area contributed by atoms with Gasteiger partial charge in [-0.3, -0.25) is 10.2 Å². The maximum Gasteiger partial charge on any atom is 0.220 e. The first-order valence-electron chi connectivity index (χ1n) is 7.41. The Morgan fingerprint density at radius 2 is 1.88 bits per heavy atom. The molecule has 0 aliphatic heterocycles. The van der Waals surface area contributed by atoms with Crippen molar-refractivity contribution in [1.82, 2.24) is 9.72 Å². The number of nitrogens with zero attached hydrogens (tertiary/aromatic N) is 2. The van der Waals surface area contributed by atoms with Crippen molar-refractivity contribution in [3.63, 3.8) is 0 Å². The average Bonchev–Trinajstić information content (AvgIpc) is 3.21. The number of thiazole rings is 1. The highest BCUT2D eigenvalue weighted by atomic mass is 32.1. The Morgan fingerprint density at radius 1 is 1.12 bits per heavy atom. The second-order valence-electron chi connectivity index (χ2n) is 5.33. The minimum atomic E-state index is -0.202. The topological polar surface area (TPSA) is 71.9 Å².